The first kappa shape index (κ1) is 17.9. The van der Waals surface area contributed by atoms with E-state index in [0.29, 0.717) is 29.5 Å². The van der Waals surface area contributed by atoms with Gasteiger partial charge in [-0.2, -0.15) is 0 Å². The average Bonchev–Trinajstić information content (AvgIpc) is 2.50. The minimum absolute atomic E-state index is 0.0370. The van der Waals surface area contributed by atoms with E-state index >= 15 is 0 Å². The first-order valence-corrected chi connectivity index (χ1v) is 7.93. The van der Waals surface area contributed by atoms with Crippen LogP contribution in [0.5, 0.6) is 0 Å². The second-order valence-electron chi connectivity index (χ2n) is 5.79. The quantitative estimate of drug-likeness (QED) is 0.865. The topological polar surface area (TPSA) is 84.0 Å². The lowest BCUT2D eigenvalue weighted by Crippen LogP contribution is -2.16. The summed E-state index contributed by atoms with van der Waals surface area (Å²) in [4.78, 5) is 31.9. The largest absolute Gasteiger partial charge is 0.326 e. The summed E-state index contributed by atoms with van der Waals surface area (Å²) in [5.74, 6) is 0.310. The third-order valence-corrected chi connectivity index (χ3v) is 3.38. The van der Waals surface area contributed by atoms with Crippen molar-refractivity contribution in [3.8, 4) is 0 Å². The minimum atomic E-state index is -0.415. The molecule has 0 saturated carbocycles. The van der Waals surface area contributed by atoms with Gasteiger partial charge in [0.25, 0.3) is 5.91 Å². The van der Waals surface area contributed by atoms with Crippen molar-refractivity contribution in [3.63, 3.8) is 0 Å². The van der Waals surface area contributed by atoms with E-state index in [1.165, 1.54) is 6.20 Å². The standard InChI is InChI=1S/C17H19ClN4O2/c1-10(2)8-15(23)21-12-4-6-13(7-5-12)22-17(24)16-14(18)9-19-11(3)20-16/h4-7,9-10H,8H2,1-3H3,(H,21,23)(H,22,24). The lowest BCUT2D eigenvalue weighted by atomic mass is 10.1. The van der Waals surface area contributed by atoms with Crippen molar-refractivity contribution < 1.29 is 9.59 Å². The van der Waals surface area contributed by atoms with Crippen molar-refractivity contribution in [3.05, 3.63) is 47.0 Å². The van der Waals surface area contributed by atoms with Crippen LogP contribution < -0.4 is 10.6 Å². The Morgan fingerprint density at radius 2 is 1.71 bits per heavy atom. The van der Waals surface area contributed by atoms with Crippen molar-refractivity contribution in [2.75, 3.05) is 10.6 Å². The Labute approximate surface area is 145 Å². The number of anilines is 2. The number of hydrogen-bond acceptors (Lipinski definition) is 4. The lowest BCUT2D eigenvalue weighted by Gasteiger charge is -2.09. The molecule has 0 aliphatic heterocycles. The molecule has 0 bridgehead atoms. The fraction of sp³-hybridized carbons (Fsp3) is 0.294. The zero-order valence-electron chi connectivity index (χ0n) is 13.8. The van der Waals surface area contributed by atoms with Gasteiger partial charge in [0.15, 0.2) is 5.69 Å². The van der Waals surface area contributed by atoms with Gasteiger partial charge in [0.1, 0.15) is 5.82 Å². The molecule has 0 saturated heterocycles. The molecule has 2 N–H and O–H groups in total. The molecule has 2 amide bonds. The number of rotatable bonds is 5. The molecule has 0 atom stereocenters. The number of nitrogens with one attached hydrogen (secondary N) is 2. The number of halogens is 1. The predicted octanol–water partition coefficient (Wildman–Crippen LogP) is 3.68. The number of aromatic nitrogens is 2. The second-order valence-corrected chi connectivity index (χ2v) is 6.20. The van der Waals surface area contributed by atoms with E-state index in [0.717, 1.165) is 0 Å². The van der Waals surface area contributed by atoms with E-state index in [-0.39, 0.29) is 16.6 Å². The van der Waals surface area contributed by atoms with Gasteiger partial charge in [-0.25, -0.2) is 9.97 Å². The van der Waals surface area contributed by atoms with Gasteiger partial charge >= 0.3 is 0 Å². The van der Waals surface area contributed by atoms with Gasteiger partial charge < -0.3 is 10.6 Å². The van der Waals surface area contributed by atoms with Crippen LogP contribution in [0.25, 0.3) is 0 Å². The van der Waals surface area contributed by atoms with Crippen LogP contribution in [0.4, 0.5) is 11.4 Å². The molecule has 0 fully saturated rings. The molecule has 7 heteroatoms. The molecule has 126 valence electrons. The van der Waals surface area contributed by atoms with E-state index in [1.54, 1.807) is 31.2 Å². The highest BCUT2D eigenvalue weighted by Gasteiger charge is 2.13. The van der Waals surface area contributed by atoms with Gasteiger partial charge in [0.05, 0.1) is 11.2 Å². The van der Waals surface area contributed by atoms with Crippen LogP contribution in [0.1, 0.15) is 36.6 Å². The molecule has 0 aliphatic rings. The van der Waals surface area contributed by atoms with Gasteiger partial charge in [-0.15, -0.1) is 0 Å². The van der Waals surface area contributed by atoms with Gasteiger partial charge in [-0.1, -0.05) is 25.4 Å². The maximum Gasteiger partial charge on any atom is 0.275 e. The predicted molar refractivity (Wildman–Crippen MR) is 94.3 cm³/mol. The molecule has 6 nitrogen and oxygen atoms in total. The number of aryl methyl sites for hydroxylation is 1. The zero-order valence-corrected chi connectivity index (χ0v) is 14.5. The summed E-state index contributed by atoms with van der Waals surface area (Å²) >= 11 is 5.95. The van der Waals surface area contributed by atoms with E-state index in [4.69, 9.17) is 11.6 Å². The number of benzene rings is 1. The lowest BCUT2D eigenvalue weighted by molar-refractivity contribution is -0.116. The highest BCUT2D eigenvalue weighted by Crippen LogP contribution is 2.17. The van der Waals surface area contributed by atoms with Crippen LogP contribution >= 0.6 is 11.6 Å². The Balaban J connectivity index is 2.02. The molecule has 0 aliphatic carbocycles. The highest BCUT2D eigenvalue weighted by molar-refractivity contribution is 6.33. The molecule has 1 heterocycles. The number of carbonyl (C=O) groups is 2. The van der Waals surface area contributed by atoms with Crippen LogP contribution in [0.2, 0.25) is 5.02 Å². The number of carbonyl (C=O) groups excluding carboxylic acids is 2. The molecular weight excluding hydrogens is 328 g/mol. The molecule has 0 unspecified atom stereocenters. The normalized spacial score (nSPS) is 10.5. The van der Waals surface area contributed by atoms with Crippen molar-refractivity contribution in [2.24, 2.45) is 5.92 Å². The molecular formula is C17H19ClN4O2. The number of nitrogens with zero attached hydrogens (tertiary/aromatic N) is 2. The third-order valence-electron chi connectivity index (χ3n) is 3.10. The molecule has 1 aromatic carbocycles. The fourth-order valence-corrected chi connectivity index (χ4v) is 2.20. The van der Waals surface area contributed by atoms with E-state index in [2.05, 4.69) is 20.6 Å². The smallest absolute Gasteiger partial charge is 0.275 e. The minimum Gasteiger partial charge on any atom is -0.326 e. The zero-order chi connectivity index (χ0) is 17.7. The Morgan fingerprint density at radius 3 is 2.29 bits per heavy atom. The highest BCUT2D eigenvalue weighted by atomic mass is 35.5. The van der Waals surface area contributed by atoms with Crippen molar-refractivity contribution in [1.29, 1.82) is 0 Å². The summed E-state index contributed by atoms with van der Waals surface area (Å²) in [6, 6.07) is 6.84. The van der Waals surface area contributed by atoms with Crippen LogP contribution in [0.3, 0.4) is 0 Å². The molecule has 2 rings (SSSR count). The molecule has 24 heavy (non-hydrogen) atoms. The first-order chi connectivity index (χ1) is 11.3. The Bertz CT molecular complexity index is 745. The van der Waals surface area contributed by atoms with Crippen LogP contribution in [-0.4, -0.2) is 21.8 Å². The average molecular weight is 347 g/mol. The fourth-order valence-electron chi connectivity index (χ4n) is 2.02. The first-order valence-electron chi connectivity index (χ1n) is 7.55. The summed E-state index contributed by atoms with van der Waals surface area (Å²) in [6.07, 6.45) is 1.86. The Kier molecular flexibility index (Phi) is 5.87. The SMILES string of the molecule is Cc1ncc(Cl)c(C(=O)Nc2ccc(NC(=O)CC(C)C)cc2)n1. The summed E-state index contributed by atoms with van der Waals surface area (Å²) in [7, 11) is 0. The third kappa shape index (κ3) is 5.03. The van der Waals surface area contributed by atoms with E-state index < -0.39 is 5.91 Å². The van der Waals surface area contributed by atoms with Crippen molar-refractivity contribution in [1.82, 2.24) is 9.97 Å². The van der Waals surface area contributed by atoms with Crippen LogP contribution in [0, 0.1) is 12.8 Å². The Hall–Kier alpha value is -2.47. The second kappa shape index (κ2) is 7.88. The van der Waals surface area contributed by atoms with Gasteiger partial charge in [0, 0.05) is 17.8 Å². The summed E-state index contributed by atoms with van der Waals surface area (Å²) < 4.78 is 0. The maximum absolute atomic E-state index is 12.2. The van der Waals surface area contributed by atoms with Crippen LogP contribution in [-0.2, 0) is 4.79 Å². The summed E-state index contributed by atoms with van der Waals surface area (Å²) in [6.45, 7) is 5.65. The van der Waals surface area contributed by atoms with E-state index in [9.17, 15) is 9.59 Å². The van der Waals surface area contributed by atoms with E-state index in [1.807, 2.05) is 13.8 Å². The van der Waals surface area contributed by atoms with Gasteiger partial charge in [0.2, 0.25) is 5.91 Å². The van der Waals surface area contributed by atoms with Gasteiger partial charge in [-0.3, -0.25) is 9.59 Å². The number of amides is 2. The molecule has 1 aromatic heterocycles. The summed E-state index contributed by atoms with van der Waals surface area (Å²) in [5, 5.41) is 5.71. The molecule has 2 aromatic rings. The Morgan fingerprint density at radius 1 is 1.12 bits per heavy atom. The molecule has 0 spiro atoms. The maximum atomic E-state index is 12.2. The van der Waals surface area contributed by atoms with Crippen molar-refractivity contribution >= 4 is 34.8 Å². The summed E-state index contributed by atoms with van der Waals surface area (Å²) in [5.41, 5.74) is 1.38. The van der Waals surface area contributed by atoms with Gasteiger partial charge in [-0.05, 0) is 37.1 Å². The van der Waals surface area contributed by atoms with Crippen LogP contribution in [0.15, 0.2) is 30.5 Å². The molecule has 0 radical (unpaired) electrons. The monoisotopic (exact) mass is 346 g/mol. The number of hydrogen-bond donors (Lipinski definition) is 2. The van der Waals surface area contributed by atoms with Crippen molar-refractivity contribution in [2.45, 2.75) is 27.2 Å².